The van der Waals surface area contributed by atoms with E-state index < -0.39 is 23.4 Å². The number of aliphatic hydroxyl groups excluding tert-OH is 1. The molecule has 11 nitrogen and oxygen atoms in total. The van der Waals surface area contributed by atoms with Crippen LogP contribution in [-0.2, 0) is 6.18 Å². The van der Waals surface area contributed by atoms with Crippen LogP contribution in [0.3, 0.4) is 0 Å². The number of anilines is 1. The molecule has 1 unspecified atom stereocenters. The van der Waals surface area contributed by atoms with E-state index in [2.05, 4.69) is 25.2 Å². The fourth-order valence-electron chi connectivity index (χ4n) is 5.57. The number of aromatic amines is 2. The van der Waals surface area contributed by atoms with Crippen molar-refractivity contribution in [3.8, 4) is 17.1 Å². The Morgan fingerprint density at radius 2 is 1.82 bits per heavy atom. The number of benzene rings is 2. The lowest BCUT2D eigenvalue weighted by atomic mass is 10.0. The Morgan fingerprint density at radius 3 is 2.55 bits per heavy atom. The molecular formula is C30H29F3N6O5. The van der Waals surface area contributed by atoms with Crippen molar-refractivity contribution in [1.29, 1.82) is 0 Å². The molecule has 4 aromatic rings. The number of halogens is 3. The number of H-pyrrole nitrogens is 2. The van der Waals surface area contributed by atoms with Crippen molar-refractivity contribution in [2.24, 2.45) is 0 Å². The van der Waals surface area contributed by atoms with Crippen molar-refractivity contribution < 1.29 is 32.6 Å². The van der Waals surface area contributed by atoms with E-state index in [0.29, 0.717) is 29.6 Å². The lowest BCUT2D eigenvalue weighted by molar-refractivity contribution is -0.137. The van der Waals surface area contributed by atoms with Gasteiger partial charge in [-0.15, -0.1) is 0 Å². The average molecular weight is 611 g/mol. The van der Waals surface area contributed by atoms with Gasteiger partial charge in [-0.2, -0.15) is 13.2 Å². The van der Waals surface area contributed by atoms with Gasteiger partial charge in [0.15, 0.2) is 0 Å². The first kappa shape index (κ1) is 29.4. The highest BCUT2D eigenvalue weighted by Gasteiger charge is 2.41. The van der Waals surface area contributed by atoms with Crippen LogP contribution in [0.25, 0.3) is 22.4 Å². The first-order valence-electron chi connectivity index (χ1n) is 14.0. The Balaban J connectivity index is 1.18. The standard InChI is InChI=1S/C30H29F3N6O5/c1-38-9-6-17(7-10-38)39-28(42)20-12-23-24(13-21(20)29(39)43)37-26(36-23)25-22(5-8-34-27(25)41)35-14-18(40)15-44-19-4-2-3-16(11-19)30(31,32)33/h2-5,8,11-13,17-18,40H,6-7,9-10,14-15H2,1H3,(H,36,37)(H2,34,35,41). The van der Waals surface area contributed by atoms with Crippen molar-refractivity contribution in [3.05, 3.63) is 75.7 Å². The molecule has 0 saturated carbocycles. The maximum absolute atomic E-state index is 13.3. The van der Waals surface area contributed by atoms with E-state index in [9.17, 15) is 32.7 Å². The zero-order chi connectivity index (χ0) is 31.2. The normalized spacial score (nSPS) is 16.9. The minimum absolute atomic E-state index is 0.0451. The monoisotopic (exact) mass is 610 g/mol. The van der Waals surface area contributed by atoms with Crippen molar-refractivity contribution >= 4 is 28.5 Å². The molecule has 0 radical (unpaired) electrons. The summed E-state index contributed by atoms with van der Waals surface area (Å²) < 4.78 is 44.2. The smallest absolute Gasteiger partial charge is 0.416 e. The van der Waals surface area contributed by atoms with Gasteiger partial charge >= 0.3 is 6.18 Å². The van der Waals surface area contributed by atoms with Crippen LogP contribution in [-0.4, -0.2) is 87.1 Å². The number of hydrogen-bond donors (Lipinski definition) is 4. The number of imidazole rings is 1. The number of carbonyl (C=O) groups excluding carboxylic acids is 2. The maximum Gasteiger partial charge on any atom is 0.416 e. The molecular weight excluding hydrogens is 581 g/mol. The average Bonchev–Trinajstić information content (AvgIpc) is 3.51. The van der Waals surface area contributed by atoms with Gasteiger partial charge in [0.2, 0.25) is 0 Å². The summed E-state index contributed by atoms with van der Waals surface area (Å²) >= 11 is 0. The SMILES string of the molecule is CN1CCC(N2C(=O)c3cc4nc(-c5c(NCC(O)COc6cccc(C(F)(F)F)c6)cc[nH]c5=O)[nH]c4cc3C2=O)CC1. The number of rotatable bonds is 8. The predicted molar refractivity (Wildman–Crippen MR) is 155 cm³/mol. The molecule has 1 fully saturated rings. The summed E-state index contributed by atoms with van der Waals surface area (Å²) in [5, 5.41) is 13.4. The first-order valence-corrected chi connectivity index (χ1v) is 14.0. The number of likely N-dealkylation sites (tertiary alicyclic amines) is 1. The molecule has 1 atom stereocenters. The Hall–Kier alpha value is -4.69. The summed E-state index contributed by atoms with van der Waals surface area (Å²) in [6.07, 6.45) is -2.83. The molecule has 6 rings (SSSR count). The number of ether oxygens (including phenoxy) is 1. The molecule has 4 N–H and O–H groups in total. The quantitative estimate of drug-likeness (QED) is 0.222. The summed E-state index contributed by atoms with van der Waals surface area (Å²) in [6.45, 7) is 1.19. The first-order chi connectivity index (χ1) is 21.0. The van der Waals surface area contributed by atoms with Crippen LogP contribution in [0.4, 0.5) is 18.9 Å². The molecule has 4 heterocycles. The number of nitrogens with zero attached hydrogens (tertiary/aromatic N) is 3. The summed E-state index contributed by atoms with van der Waals surface area (Å²) in [5.41, 5.74) is 0.499. The number of pyridine rings is 1. The number of hydrogen-bond acceptors (Lipinski definition) is 8. The number of piperidine rings is 1. The van der Waals surface area contributed by atoms with E-state index in [4.69, 9.17) is 4.74 Å². The van der Waals surface area contributed by atoms with Crippen LogP contribution >= 0.6 is 0 Å². The zero-order valence-electron chi connectivity index (χ0n) is 23.6. The minimum atomic E-state index is -4.52. The molecule has 44 heavy (non-hydrogen) atoms. The summed E-state index contributed by atoms with van der Waals surface area (Å²) in [7, 11) is 2.00. The largest absolute Gasteiger partial charge is 0.491 e. The number of nitrogens with one attached hydrogen (secondary N) is 3. The highest BCUT2D eigenvalue weighted by atomic mass is 19.4. The van der Waals surface area contributed by atoms with Gasteiger partial charge < -0.3 is 30.0 Å². The third-order valence-corrected chi connectivity index (χ3v) is 7.90. The van der Waals surface area contributed by atoms with Gasteiger partial charge in [0, 0.05) is 18.8 Å². The minimum Gasteiger partial charge on any atom is -0.491 e. The van der Waals surface area contributed by atoms with Crippen molar-refractivity contribution in [3.63, 3.8) is 0 Å². The van der Waals surface area contributed by atoms with Crippen LogP contribution in [0.1, 0.15) is 39.1 Å². The third kappa shape index (κ3) is 5.65. The Kier molecular flexibility index (Phi) is 7.63. The molecule has 14 heteroatoms. The van der Waals surface area contributed by atoms with Gasteiger partial charge in [0.1, 0.15) is 29.8 Å². The van der Waals surface area contributed by atoms with Gasteiger partial charge in [-0.05, 0) is 69.4 Å². The van der Waals surface area contributed by atoms with E-state index >= 15 is 0 Å². The zero-order valence-corrected chi connectivity index (χ0v) is 23.6. The van der Waals surface area contributed by atoms with E-state index in [0.717, 1.165) is 25.2 Å². The maximum atomic E-state index is 13.3. The topological polar surface area (TPSA) is 144 Å². The molecule has 1 saturated heterocycles. The number of alkyl halides is 3. The number of fused-ring (bicyclic) bond motifs is 2. The van der Waals surface area contributed by atoms with Gasteiger partial charge in [0.25, 0.3) is 17.4 Å². The van der Waals surface area contributed by atoms with Crippen LogP contribution in [0.2, 0.25) is 0 Å². The van der Waals surface area contributed by atoms with Crippen molar-refractivity contribution in [2.45, 2.75) is 31.2 Å². The van der Waals surface area contributed by atoms with E-state index in [1.807, 2.05) is 7.05 Å². The van der Waals surface area contributed by atoms with Gasteiger partial charge in [-0.3, -0.25) is 19.3 Å². The van der Waals surface area contributed by atoms with E-state index in [1.165, 1.54) is 23.2 Å². The predicted octanol–water partition coefficient (Wildman–Crippen LogP) is 3.48. The van der Waals surface area contributed by atoms with Crippen LogP contribution in [0.15, 0.2) is 53.5 Å². The molecule has 2 aliphatic rings. The summed E-state index contributed by atoms with van der Waals surface area (Å²) in [6, 6.07) is 8.87. The number of amides is 2. The molecule has 230 valence electrons. The molecule has 2 amide bonds. The molecule has 0 bridgehead atoms. The molecule has 0 spiro atoms. The summed E-state index contributed by atoms with van der Waals surface area (Å²) in [5.74, 6) is -0.572. The van der Waals surface area contributed by atoms with E-state index in [1.54, 1.807) is 18.2 Å². The Labute approximate surface area is 248 Å². The summed E-state index contributed by atoms with van der Waals surface area (Å²) in [4.78, 5) is 53.1. The van der Waals surface area contributed by atoms with Crippen LogP contribution in [0, 0.1) is 0 Å². The highest BCUT2D eigenvalue weighted by molar-refractivity contribution is 6.23. The van der Waals surface area contributed by atoms with Crippen LogP contribution < -0.4 is 15.6 Å². The number of aliphatic hydroxyl groups is 1. The Bertz CT molecular complexity index is 1740. The van der Waals surface area contributed by atoms with Gasteiger partial charge in [0.05, 0.1) is 33.4 Å². The lowest BCUT2D eigenvalue weighted by Gasteiger charge is -2.33. The fourth-order valence-corrected chi connectivity index (χ4v) is 5.57. The molecule has 2 aliphatic heterocycles. The third-order valence-electron chi connectivity index (χ3n) is 7.90. The highest BCUT2D eigenvalue weighted by Crippen LogP contribution is 2.33. The molecule has 2 aromatic heterocycles. The number of carbonyl (C=O) groups is 2. The van der Waals surface area contributed by atoms with Gasteiger partial charge in [-0.25, -0.2) is 4.98 Å². The Morgan fingerprint density at radius 1 is 1.09 bits per heavy atom. The van der Waals surface area contributed by atoms with Crippen molar-refractivity contribution in [2.75, 3.05) is 38.6 Å². The second kappa shape index (κ2) is 11.4. The van der Waals surface area contributed by atoms with E-state index in [-0.39, 0.29) is 59.3 Å². The lowest BCUT2D eigenvalue weighted by Crippen LogP contribution is -2.46. The molecule has 2 aromatic carbocycles. The second-order valence-corrected chi connectivity index (χ2v) is 11.0. The van der Waals surface area contributed by atoms with Gasteiger partial charge in [-0.1, -0.05) is 6.07 Å². The number of aromatic nitrogens is 3. The number of imide groups is 1. The van der Waals surface area contributed by atoms with Crippen LogP contribution in [0.5, 0.6) is 5.75 Å². The fraction of sp³-hybridized carbons (Fsp3) is 0.333. The van der Waals surface area contributed by atoms with Crippen molar-refractivity contribution in [1.82, 2.24) is 24.8 Å². The second-order valence-electron chi connectivity index (χ2n) is 11.0. The molecule has 0 aliphatic carbocycles.